The Bertz CT molecular complexity index is 579. The summed E-state index contributed by atoms with van der Waals surface area (Å²) in [5.41, 5.74) is 0.428. The molecule has 0 amide bonds. The molecule has 1 N–H and O–H groups in total. The van der Waals surface area contributed by atoms with Crippen molar-refractivity contribution in [3.05, 3.63) is 59.6 Å². The van der Waals surface area contributed by atoms with Gasteiger partial charge in [0.05, 0.1) is 12.2 Å². The summed E-state index contributed by atoms with van der Waals surface area (Å²) < 4.78 is 1.40. The first-order valence-corrected chi connectivity index (χ1v) is 5.48. The third-order valence-electron chi connectivity index (χ3n) is 2.23. The number of nitrogens with zero attached hydrogens (tertiary/aromatic N) is 4. The van der Waals surface area contributed by atoms with Crippen LogP contribution in [-0.4, -0.2) is 26.1 Å². The molecule has 0 radical (unpaired) electrons. The molecule has 0 aliphatic carbocycles. The van der Waals surface area contributed by atoms with E-state index in [0.29, 0.717) is 19.0 Å². The van der Waals surface area contributed by atoms with Crippen LogP contribution in [0.2, 0.25) is 0 Å². The third kappa shape index (κ3) is 3.00. The van der Waals surface area contributed by atoms with Gasteiger partial charge in [-0.2, -0.15) is 4.98 Å². The zero-order chi connectivity index (χ0) is 12.8. The normalized spacial score (nSPS) is 10.0. The molecule has 18 heavy (non-hydrogen) atoms. The number of rotatable bonds is 5. The molecule has 2 heterocycles. The summed E-state index contributed by atoms with van der Waals surface area (Å²) in [6.45, 7) is 4.44. The highest BCUT2D eigenvalue weighted by Gasteiger charge is 2.02. The Morgan fingerprint density at radius 3 is 2.94 bits per heavy atom. The Morgan fingerprint density at radius 2 is 2.28 bits per heavy atom. The predicted molar refractivity (Wildman–Crippen MR) is 68.3 cm³/mol. The first-order valence-electron chi connectivity index (χ1n) is 5.48. The Labute approximate surface area is 104 Å². The van der Waals surface area contributed by atoms with Gasteiger partial charge >= 0.3 is 5.69 Å². The molecule has 6 nitrogen and oxygen atoms in total. The van der Waals surface area contributed by atoms with E-state index < -0.39 is 0 Å². The summed E-state index contributed by atoms with van der Waals surface area (Å²) in [5.74, 6) is 0.303. The first kappa shape index (κ1) is 12.0. The Hall–Kier alpha value is -2.50. The standard InChI is InChI=1S/C12H13N5O/c1-2-6-14-11-15-9-17(12(18)16-11)8-10-5-3-4-7-13-10/h2-5,7,9H,1,6,8H2,(H,14,16,18). The van der Waals surface area contributed by atoms with Crippen molar-refractivity contribution in [2.24, 2.45) is 0 Å². The summed E-state index contributed by atoms with van der Waals surface area (Å²) in [4.78, 5) is 23.7. The molecular formula is C12H13N5O. The molecular weight excluding hydrogens is 230 g/mol. The molecule has 0 bridgehead atoms. The summed E-state index contributed by atoms with van der Waals surface area (Å²) in [5, 5.41) is 2.86. The van der Waals surface area contributed by atoms with Crippen LogP contribution in [0.25, 0.3) is 0 Å². The maximum Gasteiger partial charge on any atom is 0.352 e. The van der Waals surface area contributed by atoms with E-state index in [4.69, 9.17) is 0 Å². The SMILES string of the molecule is C=CCNc1ncn(Cc2ccccn2)c(=O)n1. The molecule has 2 aromatic heterocycles. The molecule has 2 rings (SSSR count). The number of anilines is 1. The van der Waals surface area contributed by atoms with Crippen LogP contribution in [0.1, 0.15) is 5.69 Å². The van der Waals surface area contributed by atoms with E-state index in [1.54, 1.807) is 12.3 Å². The zero-order valence-corrected chi connectivity index (χ0v) is 9.78. The van der Waals surface area contributed by atoms with Gasteiger partial charge in [-0.05, 0) is 12.1 Å². The maximum absolute atomic E-state index is 11.7. The van der Waals surface area contributed by atoms with Crippen LogP contribution >= 0.6 is 0 Å². The largest absolute Gasteiger partial charge is 0.352 e. The van der Waals surface area contributed by atoms with Crippen molar-refractivity contribution in [1.29, 1.82) is 0 Å². The van der Waals surface area contributed by atoms with Gasteiger partial charge in [-0.15, -0.1) is 6.58 Å². The minimum Gasteiger partial charge on any atom is -0.351 e. The average molecular weight is 243 g/mol. The van der Waals surface area contributed by atoms with Crippen LogP contribution in [0, 0.1) is 0 Å². The minimum atomic E-state index is -0.359. The van der Waals surface area contributed by atoms with E-state index in [9.17, 15) is 4.79 Å². The summed E-state index contributed by atoms with van der Waals surface area (Å²) >= 11 is 0. The minimum absolute atomic E-state index is 0.303. The van der Waals surface area contributed by atoms with E-state index in [1.807, 2.05) is 18.2 Å². The second-order valence-corrected chi connectivity index (χ2v) is 3.58. The lowest BCUT2D eigenvalue weighted by Gasteiger charge is -2.05. The molecule has 92 valence electrons. The smallest absolute Gasteiger partial charge is 0.351 e. The summed E-state index contributed by atoms with van der Waals surface area (Å²) in [6.07, 6.45) is 4.81. The van der Waals surface area contributed by atoms with Crippen LogP contribution in [0.5, 0.6) is 0 Å². The highest BCUT2D eigenvalue weighted by atomic mass is 16.1. The molecule has 0 saturated carbocycles. The van der Waals surface area contributed by atoms with Crippen molar-refractivity contribution in [2.45, 2.75) is 6.54 Å². The highest BCUT2D eigenvalue weighted by Crippen LogP contribution is 1.96. The van der Waals surface area contributed by atoms with Crippen molar-refractivity contribution in [2.75, 3.05) is 11.9 Å². The molecule has 0 aliphatic heterocycles. The molecule has 0 fully saturated rings. The van der Waals surface area contributed by atoms with E-state index in [0.717, 1.165) is 5.69 Å². The van der Waals surface area contributed by atoms with E-state index in [-0.39, 0.29) is 5.69 Å². The van der Waals surface area contributed by atoms with Crippen LogP contribution in [0.4, 0.5) is 5.95 Å². The van der Waals surface area contributed by atoms with Gasteiger partial charge in [0, 0.05) is 12.7 Å². The number of nitrogens with one attached hydrogen (secondary N) is 1. The van der Waals surface area contributed by atoms with Crippen molar-refractivity contribution in [3.8, 4) is 0 Å². The Balaban J connectivity index is 2.15. The van der Waals surface area contributed by atoms with Gasteiger partial charge < -0.3 is 5.32 Å². The maximum atomic E-state index is 11.7. The predicted octanol–water partition coefficient (Wildman–Crippen LogP) is 0.679. The second-order valence-electron chi connectivity index (χ2n) is 3.58. The number of hydrogen-bond acceptors (Lipinski definition) is 5. The average Bonchev–Trinajstić information content (AvgIpc) is 2.40. The first-order chi connectivity index (χ1) is 8.79. The molecule has 0 atom stereocenters. The van der Waals surface area contributed by atoms with Gasteiger partial charge in [0.15, 0.2) is 0 Å². The van der Waals surface area contributed by atoms with Crippen LogP contribution < -0.4 is 11.0 Å². The second kappa shape index (κ2) is 5.72. The van der Waals surface area contributed by atoms with E-state index >= 15 is 0 Å². The molecule has 2 aromatic rings. The van der Waals surface area contributed by atoms with Crippen LogP contribution in [-0.2, 0) is 6.54 Å². The molecule has 6 heteroatoms. The highest BCUT2D eigenvalue weighted by molar-refractivity contribution is 5.22. The number of aromatic nitrogens is 4. The molecule has 0 aromatic carbocycles. The van der Waals surface area contributed by atoms with Crippen LogP contribution in [0.3, 0.4) is 0 Å². The van der Waals surface area contributed by atoms with Gasteiger partial charge in [-0.3, -0.25) is 9.55 Å². The molecule has 0 unspecified atom stereocenters. The number of hydrogen-bond donors (Lipinski definition) is 1. The lowest BCUT2D eigenvalue weighted by atomic mass is 10.3. The van der Waals surface area contributed by atoms with Gasteiger partial charge in [0.2, 0.25) is 5.95 Å². The zero-order valence-electron chi connectivity index (χ0n) is 9.78. The lowest BCUT2D eigenvalue weighted by molar-refractivity contribution is 0.688. The Kier molecular flexibility index (Phi) is 3.80. The van der Waals surface area contributed by atoms with E-state index in [2.05, 4.69) is 26.8 Å². The molecule has 0 aliphatic rings. The van der Waals surface area contributed by atoms with Crippen molar-refractivity contribution < 1.29 is 0 Å². The lowest BCUT2D eigenvalue weighted by Crippen LogP contribution is -2.25. The van der Waals surface area contributed by atoms with Crippen molar-refractivity contribution in [3.63, 3.8) is 0 Å². The molecule has 0 spiro atoms. The third-order valence-corrected chi connectivity index (χ3v) is 2.23. The van der Waals surface area contributed by atoms with Gasteiger partial charge in [-0.25, -0.2) is 9.78 Å². The van der Waals surface area contributed by atoms with Crippen molar-refractivity contribution >= 4 is 5.95 Å². The fourth-order valence-corrected chi connectivity index (χ4v) is 1.38. The monoisotopic (exact) mass is 243 g/mol. The summed E-state index contributed by atoms with van der Waals surface area (Å²) in [7, 11) is 0. The fourth-order valence-electron chi connectivity index (χ4n) is 1.38. The number of pyridine rings is 1. The Morgan fingerprint density at radius 1 is 1.39 bits per heavy atom. The van der Waals surface area contributed by atoms with E-state index in [1.165, 1.54) is 10.9 Å². The van der Waals surface area contributed by atoms with Crippen LogP contribution in [0.15, 0.2) is 48.2 Å². The topological polar surface area (TPSA) is 72.7 Å². The quantitative estimate of drug-likeness (QED) is 0.782. The summed E-state index contributed by atoms with van der Waals surface area (Å²) in [6, 6.07) is 5.54. The van der Waals surface area contributed by atoms with Crippen molar-refractivity contribution in [1.82, 2.24) is 19.5 Å². The fraction of sp³-hybridized carbons (Fsp3) is 0.167. The van der Waals surface area contributed by atoms with Gasteiger partial charge in [0.1, 0.15) is 6.33 Å². The van der Waals surface area contributed by atoms with Gasteiger partial charge in [-0.1, -0.05) is 12.1 Å². The van der Waals surface area contributed by atoms with Gasteiger partial charge in [0.25, 0.3) is 0 Å². The molecule has 0 saturated heterocycles.